The van der Waals surface area contributed by atoms with E-state index in [1.54, 1.807) is 14.2 Å². The number of methoxy groups -OCH3 is 2. The van der Waals surface area contributed by atoms with Gasteiger partial charge in [0, 0.05) is 11.1 Å². The summed E-state index contributed by atoms with van der Waals surface area (Å²) in [5.41, 5.74) is 4.82. The van der Waals surface area contributed by atoms with E-state index in [2.05, 4.69) is 20.8 Å². The van der Waals surface area contributed by atoms with Gasteiger partial charge in [-0.05, 0) is 58.7 Å². The van der Waals surface area contributed by atoms with E-state index in [1.807, 2.05) is 81.4 Å². The Morgan fingerprint density at radius 3 is 2.15 bits per heavy atom. The second-order valence-corrected chi connectivity index (χ2v) is 11.7. The molecule has 1 aliphatic rings. The summed E-state index contributed by atoms with van der Waals surface area (Å²) in [6.45, 7) is 12.5. The first-order valence-electron chi connectivity index (χ1n) is 13.6. The molecule has 1 amide bonds. The number of benzene rings is 3. The van der Waals surface area contributed by atoms with Gasteiger partial charge >= 0.3 is 0 Å². The molecule has 1 aliphatic heterocycles. The van der Waals surface area contributed by atoms with E-state index in [0.29, 0.717) is 11.3 Å². The Morgan fingerprint density at radius 2 is 1.57 bits per heavy atom. The maximum Gasteiger partial charge on any atom is 0.295 e. The largest absolute Gasteiger partial charge is 0.507 e. The van der Waals surface area contributed by atoms with E-state index in [-0.39, 0.29) is 29.2 Å². The molecule has 1 heterocycles. The lowest BCUT2D eigenvalue weighted by atomic mass is 9.85. The molecule has 0 spiro atoms. The van der Waals surface area contributed by atoms with E-state index in [9.17, 15) is 14.7 Å². The number of carbonyl (C=O) groups is 2. The van der Waals surface area contributed by atoms with Crippen molar-refractivity contribution in [3.63, 3.8) is 0 Å². The fourth-order valence-electron chi connectivity index (χ4n) is 5.30. The summed E-state index contributed by atoms with van der Waals surface area (Å²) in [6.07, 6.45) is 0. The summed E-state index contributed by atoms with van der Waals surface area (Å²) in [5.74, 6) is -0.0939. The van der Waals surface area contributed by atoms with Crippen molar-refractivity contribution < 1.29 is 24.2 Å². The van der Waals surface area contributed by atoms with Crippen LogP contribution in [0.25, 0.3) is 5.76 Å². The molecular formula is C34H39NO5. The molecule has 3 aromatic rings. The van der Waals surface area contributed by atoms with Gasteiger partial charge in [0.05, 0.1) is 32.4 Å². The van der Waals surface area contributed by atoms with Gasteiger partial charge in [-0.15, -0.1) is 0 Å². The van der Waals surface area contributed by atoms with E-state index in [0.717, 1.165) is 33.6 Å². The molecule has 1 fully saturated rings. The van der Waals surface area contributed by atoms with Crippen molar-refractivity contribution in [2.24, 2.45) is 0 Å². The highest BCUT2D eigenvalue weighted by molar-refractivity contribution is 6.46. The van der Waals surface area contributed by atoms with Crippen LogP contribution in [0.4, 0.5) is 0 Å². The number of likely N-dealkylation sites (tertiary alicyclic amines) is 1. The number of amides is 1. The van der Waals surface area contributed by atoms with E-state index < -0.39 is 17.7 Å². The Morgan fingerprint density at radius 1 is 0.950 bits per heavy atom. The lowest BCUT2D eigenvalue weighted by molar-refractivity contribution is -0.140. The van der Waals surface area contributed by atoms with Gasteiger partial charge < -0.3 is 19.5 Å². The first-order chi connectivity index (χ1) is 18.9. The maximum atomic E-state index is 13.7. The summed E-state index contributed by atoms with van der Waals surface area (Å²) in [6, 6.07) is 18.3. The number of hydrogen-bond acceptors (Lipinski definition) is 5. The predicted octanol–water partition coefficient (Wildman–Crippen LogP) is 7.06. The number of aliphatic hydroxyl groups is 1. The van der Waals surface area contributed by atoms with Crippen LogP contribution in [0.5, 0.6) is 11.5 Å². The zero-order valence-corrected chi connectivity index (χ0v) is 24.7. The van der Waals surface area contributed by atoms with Gasteiger partial charge in [0.15, 0.2) is 0 Å². The summed E-state index contributed by atoms with van der Waals surface area (Å²) >= 11 is 0. The average Bonchev–Trinajstić information content (AvgIpc) is 3.17. The van der Waals surface area contributed by atoms with Crippen LogP contribution in [0.1, 0.15) is 80.0 Å². The lowest BCUT2D eigenvalue weighted by Gasteiger charge is -2.27. The molecule has 1 saturated heterocycles. The molecule has 3 aromatic carbocycles. The molecule has 0 bridgehead atoms. The van der Waals surface area contributed by atoms with Crippen LogP contribution in [0, 0.1) is 6.92 Å². The highest BCUT2D eigenvalue weighted by atomic mass is 16.5. The third kappa shape index (κ3) is 5.35. The van der Waals surface area contributed by atoms with Crippen LogP contribution >= 0.6 is 0 Å². The van der Waals surface area contributed by atoms with Gasteiger partial charge in [-0.2, -0.15) is 0 Å². The van der Waals surface area contributed by atoms with Crippen LogP contribution in [0.2, 0.25) is 0 Å². The van der Waals surface area contributed by atoms with Crippen LogP contribution in [-0.4, -0.2) is 35.9 Å². The molecular weight excluding hydrogens is 502 g/mol. The number of aliphatic hydroxyl groups excluding tert-OH is 1. The van der Waals surface area contributed by atoms with Gasteiger partial charge in [0.2, 0.25) is 0 Å². The molecule has 0 aromatic heterocycles. The minimum atomic E-state index is -0.775. The minimum absolute atomic E-state index is 0.0643. The smallest absolute Gasteiger partial charge is 0.295 e. The molecule has 40 heavy (non-hydrogen) atoms. The van der Waals surface area contributed by atoms with Crippen molar-refractivity contribution in [3.8, 4) is 11.5 Å². The van der Waals surface area contributed by atoms with Crippen molar-refractivity contribution >= 4 is 17.4 Å². The topological polar surface area (TPSA) is 76.1 Å². The molecule has 0 saturated carbocycles. The number of ketones is 1. The van der Waals surface area contributed by atoms with Crippen LogP contribution < -0.4 is 9.47 Å². The average molecular weight is 542 g/mol. The molecule has 1 atom stereocenters. The number of carbonyl (C=O) groups excluding carboxylic acids is 2. The third-order valence-corrected chi connectivity index (χ3v) is 7.62. The second-order valence-electron chi connectivity index (χ2n) is 11.7. The number of hydrogen-bond donors (Lipinski definition) is 1. The highest BCUT2D eigenvalue weighted by Crippen LogP contribution is 2.43. The first kappa shape index (κ1) is 28.9. The Balaban J connectivity index is 1.93. The minimum Gasteiger partial charge on any atom is -0.507 e. The van der Waals surface area contributed by atoms with Crippen molar-refractivity contribution in [1.82, 2.24) is 4.90 Å². The fourth-order valence-corrected chi connectivity index (χ4v) is 5.30. The van der Waals surface area contributed by atoms with Gasteiger partial charge in [0.25, 0.3) is 11.7 Å². The lowest BCUT2D eigenvalue weighted by Crippen LogP contribution is -2.29. The Labute approximate surface area is 237 Å². The number of Topliss-reactive ketones (excluding diaryl/α,β-unsaturated/α-hetero) is 1. The number of para-hydroxylation sites is 1. The molecule has 0 radical (unpaired) electrons. The molecule has 0 aliphatic carbocycles. The summed E-state index contributed by atoms with van der Waals surface area (Å²) in [4.78, 5) is 28.8. The van der Waals surface area contributed by atoms with Gasteiger partial charge in [-0.1, -0.05) is 77.1 Å². The Bertz CT molecular complexity index is 1460. The Kier molecular flexibility index (Phi) is 8.10. The van der Waals surface area contributed by atoms with E-state index >= 15 is 0 Å². The summed E-state index contributed by atoms with van der Waals surface area (Å²) in [7, 11) is 3.19. The third-order valence-electron chi connectivity index (χ3n) is 7.62. The molecule has 1 N–H and O–H groups in total. The fraction of sp³-hybridized carbons (Fsp3) is 0.353. The standard InChI is InChI=1S/C34H39NO5/c1-20(2)25-18-26(21(3)17-28(25)40-8)31(36)29-30(22-13-15-24(16-14-22)34(4,5)6)35(33(38)32(29)37)19-23-11-9-10-12-27(23)39-7/h9-18,20,30,36H,19H2,1-8H3/b31-29+. The highest BCUT2D eigenvalue weighted by Gasteiger charge is 2.46. The first-order valence-corrected chi connectivity index (χ1v) is 13.6. The number of nitrogens with zero attached hydrogens (tertiary/aromatic N) is 1. The molecule has 4 rings (SSSR count). The van der Waals surface area contributed by atoms with Crippen molar-refractivity contribution in [3.05, 3.63) is 99.6 Å². The van der Waals surface area contributed by atoms with Gasteiger partial charge in [0.1, 0.15) is 17.3 Å². The molecule has 210 valence electrons. The normalized spacial score (nSPS) is 17.0. The second kappa shape index (κ2) is 11.2. The maximum absolute atomic E-state index is 13.7. The summed E-state index contributed by atoms with van der Waals surface area (Å²) < 4.78 is 11.1. The summed E-state index contributed by atoms with van der Waals surface area (Å²) in [5, 5.41) is 11.8. The molecule has 6 heteroatoms. The molecule has 1 unspecified atom stereocenters. The van der Waals surface area contributed by atoms with E-state index in [1.165, 1.54) is 4.90 Å². The Hall–Kier alpha value is -4.06. The van der Waals surface area contributed by atoms with E-state index in [4.69, 9.17) is 9.47 Å². The van der Waals surface area contributed by atoms with Crippen LogP contribution in [0.15, 0.2) is 66.2 Å². The number of ether oxygens (including phenoxy) is 2. The predicted molar refractivity (Wildman–Crippen MR) is 158 cm³/mol. The van der Waals surface area contributed by atoms with Crippen LogP contribution in [0.3, 0.4) is 0 Å². The van der Waals surface area contributed by atoms with Crippen molar-refractivity contribution in [2.75, 3.05) is 14.2 Å². The number of aryl methyl sites for hydroxylation is 1. The number of rotatable bonds is 7. The quantitative estimate of drug-likeness (QED) is 0.197. The van der Waals surface area contributed by atoms with Gasteiger partial charge in [-0.25, -0.2) is 0 Å². The van der Waals surface area contributed by atoms with Gasteiger partial charge in [-0.3, -0.25) is 9.59 Å². The zero-order chi connectivity index (χ0) is 29.4. The monoisotopic (exact) mass is 541 g/mol. The SMILES string of the molecule is COc1ccccc1CN1C(=O)C(=O)/C(=C(/O)c2cc(C(C)C)c(OC)cc2C)C1c1ccc(C(C)(C)C)cc1. The van der Waals surface area contributed by atoms with Crippen molar-refractivity contribution in [2.45, 2.75) is 65.5 Å². The van der Waals surface area contributed by atoms with Crippen LogP contribution in [-0.2, 0) is 21.5 Å². The molecule has 6 nitrogen and oxygen atoms in total. The zero-order valence-electron chi connectivity index (χ0n) is 24.7. The van der Waals surface area contributed by atoms with Crippen molar-refractivity contribution in [1.29, 1.82) is 0 Å².